The van der Waals surface area contributed by atoms with Gasteiger partial charge < -0.3 is 22.8 Å². The summed E-state index contributed by atoms with van der Waals surface area (Å²) in [6.07, 6.45) is 2.44. The van der Waals surface area contributed by atoms with E-state index in [4.69, 9.17) is 22.8 Å². The Labute approximate surface area is 201 Å². The Morgan fingerprint density at radius 3 is 1.91 bits per heavy atom. The molecule has 10 nitrogen and oxygen atoms in total. The molecule has 2 heterocycles. The van der Waals surface area contributed by atoms with Crippen molar-refractivity contribution in [1.82, 2.24) is 9.55 Å². The molecule has 0 fully saturated rings. The van der Waals surface area contributed by atoms with Gasteiger partial charge in [0.2, 0.25) is 0 Å². The predicted molar refractivity (Wildman–Crippen MR) is 131 cm³/mol. The molecule has 0 radical (unpaired) electrons. The number of carbonyl (C=O) groups is 1. The van der Waals surface area contributed by atoms with Crippen molar-refractivity contribution in [3.63, 3.8) is 0 Å². The van der Waals surface area contributed by atoms with E-state index in [1.165, 1.54) is 4.57 Å². The van der Waals surface area contributed by atoms with Crippen molar-refractivity contribution < 1.29 is 36.8 Å². The van der Waals surface area contributed by atoms with Crippen LogP contribution in [-0.2, 0) is 38.4 Å². The third-order valence-electron chi connectivity index (χ3n) is 4.59. The first-order chi connectivity index (χ1) is 15.9. The number of hydrogen-bond donors (Lipinski definition) is 0. The topological polar surface area (TPSA) is 115 Å². The van der Waals surface area contributed by atoms with Crippen LogP contribution in [-0.4, -0.2) is 53.1 Å². The molecule has 0 bridgehead atoms. The lowest BCUT2D eigenvalue weighted by Gasteiger charge is -2.31. The van der Waals surface area contributed by atoms with Gasteiger partial charge in [0.05, 0.1) is 37.5 Å². The smallest absolute Gasteiger partial charge is 0.419 e. The number of carbonyl (C=O) groups excluding carboxylic acids is 1. The predicted octanol–water partition coefficient (Wildman–Crippen LogP) is 6.22. The van der Waals surface area contributed by atoms with Crippen LogP contribution in [0, 0.1) is 0 Å². The average Bonchev–Trinajstić information content (AvgIpc) is 3.10. The minimum atomic E-state index is -3.97. The van der Waals surface area contributed by atoms with E-state index < -0.39 is 32.3 Å². The number of hydrogen-bond acceptors (Lipinski definition) is 9. The Bertz CT molecular complexity index is 1010. The second-order valence-corrected chi connectivity index (χ2v) is 13.2. The third kappa shape index (κ3) is 6.78. The van der Waals surface area contributed by atoms with Gasteiger partial charge in [-0.25, -0.2) is 4.79 Å². The van der Waals surface area contributed by atoms with E-state index in [9.17, 15) is 13.9 Å². The highest BCUT2D eigenvalue weighted by atomic mass is 31.2. The van der Waals surface area contributed by atoms with Crippen molar-refractivity contribution >= 4 is 32.3 Å². The van der Waals surface area contributed by atoms with Gasteiger partial charge in [-0.1, -0.05) is 0 Å². The molecule has 0 saturated carbocycles. The SMILES string of the molecule is CCOP(=O)(OCC)C(Cc1cn(C(=O)OC(C)(C)C)c2cccnc12)P(=O)(OCC)OCC. The first kappa shape index (κ1) is 28.7. The fraction of sp³-hybridized carbons (Fsp3) is 0.636. The zero-order chi connectivity index (χ0) is 25.6. The summed E-state index contributed by atoms with van der Waals surface area (Å²) in [6, 6.07) is 3.42. The fourth-order valence-corrected chi connectivity index (χ4v) is 8.77. The molecule has 12 heteroatoms. The first-order valence-electron chi connectivity index (χ1n) is 11.4. The number of aromatic nitrogens is 2. The van der Waals surface area contributed by atoms with Gasteiger partial charge in [-0.2, -0.15) is 0 Å². The molecule has 0 aromatic carbocycles. The maximum absolute atomic E-state index is 13.9. The van der Waals surface area contributed by atoms with Crippen LogP contribution >= 0.6 is 15.2 Å². The van der Waals surface area contributed by atoms with Crippen molar-refractivity contribution in [2.24, 2.45) is 0 Å². The normalized spacial score (nSPS) is 13.1. The minimum absolute atomic E-state index is 0.0734. The molecule has 0 aliphatic carbocycles. The number of ether oxygens (including phenoxy) is 1. The largest absolute Gasteiger partial charge is 0.443 e. The Hall–Kier alpha value is -1.54. The summed E-state index contributed by atoms with van der Waals surface area (Å²) in [6.45, 7) is 12.3. The first-order valence-corrected chi connectivity index (χ1v) is 14.6. The third-order valence-corrected chi connectivity index (χ3v) is 10.6. The molecule has 34 heavy (non-hydrogen) atoms. The summed E-state index contributed by atoms with van der Waals surface area (Å²) in [5.74, 6) is 0. The number of fused-ring (bicyclic) bond motifs is 1. The Morgan fingerprint density at radius 1 is 0.971 bits per heavy atom. The van der Waals surface area contributed by atoms with Gasteiger partial charge in [0.15, 0.2) is 5.40 Å². The maximum atomic E-state index is 13.9. The highest BCUT2D eigenvalue weighted by Crippen LogP contribution is 2.71. The average molecular weight is 518 g/mol. The number of rotatable bonds is 12. The van der Waals surface area contributed by atoms with Crippen LogP contribution in [0.2, 0.25) is 0 Å². The lowest BCUT2D eigenvalue weighted by atomic mass is 10.2. The van der Waals surface area contributed by atoms with Crippen molar-refractivity contribution in [2.45, 2.75) is 65.9 Å². The second kappa shape index (κ2) is 11.9. The lowest BCUT2D eigenvalue weighted by molar-refractivity contribution is 0.0544. The van der Waals surface area contributed by atoms with E-state index in [1.54, 1.807) is 73.0 Å². The van der Waals surface area contributed by atoms with Crippen molar-refractivity contribution in [3.8, 4) is 0 Å². The highest BCUT2D eigenvalue weighted by molar-refractivity contribution is 7.72. The standard InChI is InChI=1S/C22H36N2O8P2/c1-8-28-33(26,29-9-2)19(34(27,30-10-3)31-11-4)15-17-16-24(21(25)32-22(5,6)7)18-13-12-14-23-20(17)18/h12-14,16,19H,8-11,15H2,1-7H3. The zero-order valence-electron chi connectivity index (χ0n) is 21.0. The summed E-state index contributed by atoms with van der Waals surface area (Å²) in [4.78, 5) is 17.3. The summed E-state index contributed by atoms with van der Waals surface area (Å²) in [7, 11) is -7.94. The molecule has 2 aromatic heterocycles. The molecule has 0 amide bonds. The zero-order valence-corrected chi connectivity index (χ0v) is 22.8. The van der Waals surface area contributed by atoms with Crippen LogP contribution in [0.15, 0.2) is 24.5 Å². The van der Waals surface area contributed by atoms with E-state index >= 15 is 0 Å². The van der Waals surface area contributed by atoms with Gasteiger partial charge in [0.25, 0.3) is 0 Å². The molecule has 2 rings (SSSR count). The quantitative estimate of drug-likeness (QED) is 0.302. The Balaban J connectivity index is 2.67. The molecule has 2 aromatic rings. The molecular formula is C22H36N2O8P2. The summed E-state index contributed by atoms with van der Waals surface area (Å²) >= 11 is 0. The minimum Gasteiger partial charge on any atom is -0.443 e. The van der Waals surface area contributed by atoms with E-state index in [2.05, 4.69) is 4.98 Å². The van der Waals surface area contributed by atoms with Gasteiger partial charge in [0, 0.05) is 18.8 Å². The highest BCUT2D eigenvalue weighted by Gasteiger charge is 2.51. The van der Waals surface area contributed by atoms with Crippen molar-refractivity contribution in [2.75, 3.05) is 26.4 Å². The molecule has 0 saturated heterocycles. The molecular weight excluding hydrogens is 482 g/mol. The van der Waals surface area contributed by atoms with Crippen LogP contribution in [0.25, 0.3) is 11.0 Å². The van der Waals surface area contributed by atoms with Crippen LogP contribution in [0.3, 0.4) is 0 Å². The number of nitrogens with zero attached hydrogens (tertiary/aromatic N) is 2. The lowest BCUT2D eigenvalue weighted by Crippen LogP contribution is -2.26. The van der Waals surface area contributed by atoms with Crippen LogP contribution in [0.4, 0.5) is 4.79 Å². The molecule has 192 valence electrons. The van der Waals surface area contributed by atoms with E-state index in [1.807, 2.05) is 0 Å². The Morgan fingerprint density at radius 2 is 1.47 bits per heavy atom. The van der Waals surface area contributed by atoms with Crippen molar-refractivity contribution in [1.29, 1.82) is 0 Å². The molecule has 0 unspecified atom stereocenters. The molecule has 0 spiro atoms. The molecule has 0 N–H and O–H groups in total. The fourth-order valence-electron chi connectivity index (χ4n) is 3.47. The summed E-state index contributed by atoms with van der Waals surface area (Å²) < 4.78 is 56.9. The van der Waals surface area contributed by atoms with Gasteiger partial charge in [-0.15, -0.1) is 0 Å². The molecule has 0 atom stereocenters. The van der Waals surface area contributed by atoms with Crippen LogP contribution < -0.4 is 0 Å². The van der Waals surface area contributed by atoms with Crippen LogP contribution in [0.1, 0.15) is 54.0 Å². The van der Waals surface area contributed by atoms with Gasteiger partial charge >= 0.3 is 21.3 Å². The monoisotopic (exact) mass is 518 g/mol. The van der Waals surface area contributed by atoms with Gasteiger partial charge in [0.1, 0.15) is 5.60 Å². The maximum Gasteiger partial charge on any atom is 0.419 e. The summed E-state index contributed by atoms with van der Waals surface area (Å²) in [5, 5.41) is -1.26. The van der Waals surface area contributed by atoms with Gasteiger partial charge in [-0.3, -0.25) is 18.7 Å². The van der Waals surface area contributed by atoms with Crippen LogP contribution in [0.5, 0.6) is 0 Å². The van der Waals surface area contributed by atoms with E-state index in [-0.39, 0.29) is 32.8 Å². The molecule has 0 aliphatic heterocycles. The van der Waals surface area contributed by atoms with Gasteiger partial charge in [-0.05, 0) is 66.2 Å². The summed E-state index contributed by atoms with van der Waals surface area (Å²) in [5.41, 5.74) is 0.761. The van der Waals surface area contributed by atoms with E-state index in [0.717, 1.165) is 0 Å². The van der Waals surface area contributed by atoms with E-state index in [0.29, 0.717) is 16.6 Å². The second-order valence-electron chi connectivity index (χ2n) is 8.31. The van der Waals surface area contributed by atoms with Crippen molar-refractivity contribution in [3.05, 3.63) is 30.1 Å². The Kier molecular flexibility index (Phi) is 10.1. The number of pyridine rings is 1. The molecule has 0 aliphatic rings.